The number of carbonyl (C=O) groups excluding carboxylic acids is 3. The fourth-order valence-corrected chi connectivity index (χ4v) is 6.66. The van der Waals surface area contributed by atoms with E-state index in [0.29, 0.717) is 28.0 Å². The molecule has 0 spiro atoms. The van der Waals surface area contributed by atoms with Crippen LogP contribution in [0.3, 0.4) is 0 Å². The number of amides is 1. The molecule has 55 heavy (non-hydrogen) atoms. The van der Waals surface area contributed by atoms with Gasteiger partial charge in [0.1, 0.15) is 23.1 Å². The molecule has 3 aromatic rings. The number of ketones is 1. The topological polar surface area (TPSA) is 148 Å². The van der Waals surface area contributed by atoms with E-state index >= 15 is 0 Å². The normalized spacial score (nSPS) is 14.9. The Balaban J connectivity index is 1.36. The van der Waals surface area contributed by atoms with Crippen molar-refractivity contribution in [3.05, 3.63) is 75.5 Å². The van der Waals surface area contributed by atoms with Gasteiger partial charge in [0.15, 0.2) is 17.3 Å². The number of Topliss-reactive ketones (excluding diaryl/α,β-unsaturated/α-hetero) is 1. The smallest absolute Gasteiger partial charge is 0.429 e. The molecule has 2 fully saturated rings. The van der Waals surface area contributed by atoms with Gasteiger partial charge in [-0.2, -0.15) is 13.1 Å². The van der Waals surface area contributed by atoms with E-state index in [-0.39, 0.29) is 70.3 Å². The standard InChI is InChI=1S/C38H42Cl2F2N2O10S/c1-38(2,3)54-37(47)44(55(4,48)49)29-11-9-24(15-33(29)50-20-22-5-6-22)30(45)12-14-35(46)52-32(17-26-27(39)18-43-19-28(26)40)25-10-13-31(53-36(41)42)34(16-25)51-21-23-7-8-23/h9-11,13,15-16,18-19,22-23,32,36H,5-8,12,14,17,20-21H2,1-4H3/t32-/m0/s1. The third kappa shape index (κ3) is 12.4. The number of carbonyl (C=O) groups is 3. The Morgan fingerprint density at radius 2 is 1.51 bits per heavy atom. The lowest BCUT2D eigenvalue weighted by atomic mass is 10.0. The molecule has 1 amide bonds. The average molecular weight is 828 g/mol. The van der Waals surface area contributed by atoms with Gasteiger partial charge in [0.05, 0.1) is 35.9 Å². The molecule has 1 aromatic heterocycles. The number of hydrogen-bond acceptors (Lipinski definition) is 11. The van der Waals surface area contributed by atoms with Gasteiger partial charge in [0.25, 0.3) is 0 Å². The first-order chi connectivity index (χ1) is 25.9. The maximum Gasteiger partial charge on any atom is 0.429 e. The predicted octanol–water partition coefficient (Wildman–Crippen LogP) is 8.76. The number of halogens is 4. The molecule has 2 aliphatic carbocycles. The third-order valence-electron chi connectivity index (χ3n) is 8.46. The van der Waals surface area contributed by atoms with Gasteiger partial charge in [-0.3, -0.25) is 14.6 Å². The van der Waals surface area contributed by atoms with Crippen LogP contribution in [0.15, 0.2) is 48.8 Å². The van der Waals surface area contributed by atoms with Crippen molar-refractivity contribution in [1.82, 2.24) is 4.98 Å². The average Bonchev–Trinajstić information content (AvgIpc) is 4.02. The summed E-state index contributed by atoms with van der Waals surface area (Å²) in [5.74, 6) is -0.906. The summed E-state index contributed by atoms with van der Waals surface area (Å²) >= 11 is 12.8. The van der Waals surface area contributed by atoms with Gasteiger partial charge in [-0.1, -0.05) is 29.3 Å². The van der Waals surface area contributed by atoms with Crippen molar-refractivity contribution in [3.63, 3.8) is 0 Å². The molecule has 0 aliphatic heterocycles. The molecule has 12 nitrogen and oxygen atoms in total. The van der Waals surface area contributed by atoms with Gasteiger partial charge in [-0.15, -0.1) is 0 Å². The van der Waals surface area contributed by atoms with Crippen molar-refractivity contribution < 1.29 is 55.3 Å². The number of aromatic nitrogens is 1. The second-order valence-corrected chi connectivity index (χ2v) is 17.1. The van der Waals surface area contributed by atoms with Crippen molar-refractivity contribution in [2.24, 2.45) is 11.8 Å². The Hall–Kier alpha value is -4.21. The molecule has 0 unspecified atom stereocenters. The minimum Gasteiger partial charge on any atom is -0.491 e. The van der Waals surface area contributed by atoms with Crippen LogP contribution in [0.4, 0.5) is 19.3 Å². The highest BCUT2D eigenvalue weighted by molar-refractivity contribution is 7.92. The van der Waals surface area contributed by atoms with Gasteiger partial charge in [-0.05, 0) is 99.7 Å². The van der Waals surface area contributed by atoms with E-state index in [1.165, 1.54) is 48.8 Å². The summed E-state index contributed by atoms with van der Waals surface area (Å²) in [4.78, 5) is 43.9. The lowest BCUT2D eigenvalue weighted by Crippen LogP contribution is -2.40. The maximum absolute atomic E-state index is 13.5. The molecular formula is C38H42Cl2F2N2O10S. The molecule has 0 saturated heterocycles. The Bertz CT molecular complexity index is 1980. The summed E-state index contributed by atoms with van der Waals surface area (Å²) in [5, 5.41) is 0.409. The number of alkyl halides is 2. The Labute approximate surface area is 328 Å². The summed E-state index contributed by atoms with van der Waals surface area (Å²) in [6.45, 7) is 2.21. The van der Waals surface area contributed by atoms with Crippen molar-refractivity contribution in [2.45, 2.75) is 84.0 Å². The van der Waals surface area contributed by atoms with Crippen molar-refractivity contribution >= 4 is 56.8 Å². The fraction of sp³-hybridized carbons (Fsp3) is 0.474. The predicted molar refractivity (Wildman–Crippen MR) is 200 cm³/mol. The number of rotatable bonds is 18. The molecule has 17 heteroatoms. The number of pyridine rings is 1. The van der Waals surface area contributed by atoms with E-state index < -0.39 is 46.2 Å². The molecular weight excluding hydrogens is 785 g/mol. The number of benzene rings is 2. The number of hydrogen-bond donors (Lipinski definition) is 0. The highest BCUT2D eigenvalue weighted by atomic mass is 35.5. The van der Waals surface area contributed by atoms with Crippen LogP contribution in [0.2, 0.25) is 10.0 Å². The molecule has 0 bridgehead atoms. The Kier molecular flexibility index (Phi) is 13.5. The second-order valence-electron chi connectivity index (χ2n) is 14.5. The van der Waals surface area contributed by atoms with Crippen LogP contribution >= 0.6 is 23.2 Å². The first-order valence-electron chi connectivity index (χ1n) is 17.6. The second kappa shape index (κ2) is 17.7. The summed E-state index contributed by atoms with van der Waals surface area (Å²) in [7, 11) is -4.20. The van der Waals surface area contributed by atoms with Gasteiger partial charge < -0.3 is 23.7 Å². The van der Waals surface area contributed by atoms with Gasteiger partial charge in [0.2, 0.25) is 10.0 Å². The van der Waals surface area contributed by atoms with E-state index in [4.69, 9.17) is 42.1 Å². The van der Waals surface area contributed by atoms with Crippen LogP contribution < -0.4 is 18.5 Å². The van der Waals surface area contributed by atoms with Crippen LogP contribution in [0.5, 0.6) is 17.2 Å². The summed E-state index contributed by atoms with van der Waals surface area (Å²) < 4.78 is 80.2. The molecule has 2 aromatic carbocycles. The number of anilines is 1. The Morgan fingerprint density at radius 1 is 0.891 bits per heavy atom. The zero-order valence-corrected chi connectivity index (χ0v) is 33.0. The van der Waals surface area contributed by atoms with Crippen LogP contribution in [-0.2, 0) is 30.7 Å². The van der Waals surface area contributed by atoms with Crippen LogP contribution in [-0.4, -0.2) is 62.9 Å². The number of ether oxygens (including phenoxy) is 5. The van der Waals surface area contributed by atoms with Crippen molar-refractivity contribution in [1.29, 1.82) is 0 Å². The van der Waals surface area contributed by atoms with Crippen LogP contribution in [0, 0.1) is 11.8 Å². The minimum absolute atomic E-state index is 0.0261. The monoisotopic (exact) mass is 826 g/mol. The molecule has 1 heterocycles. The molecule has 2 aliphatic rings. The maximum atomic E-state index is 13.5. The van der Waals surface area contributed by atoms with E-state index in [1.807, 2.05) is 0 Å². The quantitative estimate of drug-likeness (QED) is 0.0896. The van der Waals surface area contributed by atoms with Gasteiger partial charge in [0, 0.05) is 30.8 Å². The lowest BCUT2D eigenvalue weighted by molar-refractivity contribution is -0.149. The molecule has 0 radical (unpaired) electrons. The zero-order valence-electron chi connectivity index (χ0n) is 30.7. The summed E-state index contributed by atoms with van der Waals surface area (Å²) in [6, 6.07) is 8.14. The fourth-order valence-electron chi connectivity index (χ4n) is 5.33. The first-order valence-corrected chi connectivity index (χ1v) is 20.2. The molecule has 1 atom stereocenters. The largest absolute Gasteiger partial charge is 0.491 e. The number of esters is 1. The van der Waals surface area contributed by atoms with Gasteiger partial charge in [-0.25, -0.2) is 13.2 Å². The van der Waals surface area contributed by atoms with Crippen molar-refractivity contribution in [3.8, 4) is 17.2 Å². The third-order valence-corrected chi connectivity index (χ3v) is 10.1. The van der Waals surface area contributed by atoms with Crippen molar-refractivity contribution in [2.75, 3.05) is 23.8 Å². The lowest BCUT2D eigenvalue weighted by Gasteiger charge is -2.27. The van der Waals surface area contributed by atoms with E-state index in [1.54, 1.807) is 20.8 Å². The highest BCUT2D eigenvalue weighted by Gasteiger charge is 2.34. The molecule has 2 saturated carbocycles. The number of sulfonamides is 1. The van der Waals surface area contributed by atoms with E-state index in [0.717, 1.165) is 31.9 Å². The molecule has 298 valence electrons. The SMILES string of the molecule is CC(C)(C)OC(=O)N(c1ccc(C(=O)CCC(=O)O[C@@H](Cc2c(Cl)cncc2Cl)c2ccc(OC(F)F)c(OCC3CC3)c2)cc1OCC1CC1)S(C)(=O)=O. The first kappa shape index (κ1) is 41.9. The Morgan fingerprint density at radius 3 is 2.07 bits per heavy atom. The number of nitrogens with zero attached hydrogens (tertiary/aromatic N) is 2. The summed E-state index contributed by atoms with van der Waals surface area (Å²) in [5.41, 5.74) is -0.263. The van der Waals surface area contributed by atoms with E-state index in [9.17, 15) is 31.6 Å². The molecule has 5 rings (SSSR count). The molecule has 0 N–H and O–H groups in total. The zero-order chi connectivity index (χ0) is 40.1. The van der Waals surface area contributed by atoms with E-state index in [2.05, 4.69) is 9.72 Å². The van der Waals surface area contributed by atoms with Crippen LogP contribution in [0.1, 0.15) is 86.9 Å². The summed E-state index contributed by atoms with van der Waals surface area (Å²) in [6.07, 6.45) is 4.41. The minimum atomic E-state index is -4.20. The van der Waals surface area contributed by atoms with Crippen LogP contribution in [0.25, 0.3) is 0 Å². The highest BCUT2D eigenvalue weighted by Crippen LogP contribution is 2.39. The van der Waals surface area contributed by atoms with Gasteiger partial charge >= 0.3 is 18.7 Å².